The standard InChI is InChI=1S/C16H15NO2S2/c1-11-9-13(10-17)16(20-11)21(18,19)15-8-4-6-12-5-2-3-7-14(12)15/h2-9H,10,17H2,1H3. The lowest BCUT2D eigenvalue weighted by atomic mass is 10.1. The van der Waals surface area contributed by atoms with Gasteiger partial charge in [-0.3, -0.25) is 0 Å². The average molecular weight is 317 g/mol. The number of nitrogens with two attached hydrogens (primary N) is 1. The van der Waals surface area contributed by atoms with Gasteiger partial charge in [0.2, 0.25) is 9.84 Å². The summed E-state index contributed by atoms with van der Waals surface area (Å²) in [4.78, 5) is 1.30. The van der Waals surface area contributed by atoms with E-state index >= 15 is 0 Å². The molecule has 2 aromatic carbocycles. The fraction of sp³-hybridized carbons (Fsp3) is 0.125. The topological polar surface area (TPSA) is 60.2 Å². The van der Waals surface area contributed by atoms with Gasteiger partial charge in [0.25, 0.3) is 0 Å². The van der Waals surface area contributed by atoms with Crippen LogP contribution in [0.3, 0.4) is 0 Å². The molecule has 0 fully saturated rings. The van der Waals surface area contributed by atoms with Crippen molar-refractivity contribution in [3.05, 3.63) is 59.0 Å². The first-order valence-electron chi connectivity index (χ1n) is 6.56. The fourth-order valence-corrected chi connectivity index (χ4v) is 5.73. The van der Waals surface area contributed by atoms with E-state index in [2.05, 4.69) is 0 Å². The SMILES string of the molecule is Cc1cc(CN)c(S(=O)(=O)c2cccc3ccccc23)s1. The third-order valence-corrected chi connectivity index (χ3v) is 6.88. The summed E-state index contributed by atoms with van der Waals surface area (Å²) in [6, 6.07) is 14.7. The Kier molecular flexibility index (Phi) is 3.57. The van der Waals surface area contributed by atoms with Crippen LogP contribution in [0.1, 0.15) is 10.4 Å². The lowest BCUT2D eigenvalue weighted by Gasteiger charge is -2.08. The lowest BCUT2D eigenvalue weighted by molar-refractivity contribution is 0.598. The minimum absolute atomic E-state index is 0.226. The molecule has 0 radical (unpaired) electrons. The van der Waals surface area contributed by atoms with Gasteiger partial charge in [0.05, 0.1) is 4.90 Å². The summed E-state index contributed by atoms with van der Waals surface area (Å²) < 4.78 is 26.4. The van der Waals surface area contributed by atoms with E-state index in [1.54, 1.807) is 12.1 Å². The highest BCUT2D eigenvalue weighted by molar-refractivity contribution is 7.93. The van der Waals surface area contributed by atoms with Crippen molar-refractivity contribution in [3.8, 4) is 0 Å². The number of aryl methyl sites for hydroxylation is 1. The van der Waals surface area contributed by atoms with Crippen LogP contribution >= 0.6 is 11.3 Å². The molecule has 0 aliphatic carbocycles. The summed E-state index contributed by atoms with van der Waals surface area (Å²) >= 11 is 1.28. The molecule has 3 nitrogen and oxygen atoms in total. The predicted octanol–water partition coefficient (Wildman–Crippen LogP) is 3.50. The largest absolute Gasteiger partial charge is 0.326 e. The van der Waals surface area contributed by atoms with E-state index in [0.29, 0.717) is 14.7 Å². The zero-order valence-electron chi connectivity index (χ0n) is 11.5. The molecule has 0 saturated heterocycles. The van der Waals surface area contributed by atoms with Crippen LogP contribution in [0.4, 0.5) is 0 Å². The molecule has 0 amide bonds. The quantitative estimate of drug-likeness (QED) is 0.804. The van der Waals surface area contributed by atoms with E-state index in [9.17, 15) is 8.42 Å². The molecular formula is C16H15NO2S2. The van der Waals surface area contributed by atoms with E-state index in [1.807, 2.05) is 43.3 Å². The van der Waals surface area contributed by atoms with Crippen LogP contribution in [-0.2, 0) is 16.4 Å². The minimum atomic E-state index is -3.55. The van der Waals surface area contributed by atoms with Crippen molar-refractivity contribution in [2.24, 2.45) is 5.73 Å². The van der Waals surface area contributed by atoms with E-state index in [1.165, 1.54) is 11.3 Å². The molecule has 5 heteroatoms. The summed E-state index contributed by atoms with van der Waals surface area (Å²) in [7, 11) is -3.55. The first-order valence-corrected chi connectivity index (χ1v) is 8.86. The van der Waals surface area contributed by atoms with E-state index < -0.39 is 9.84 Å². The van der Waals surface area contributed by atoms with Gasteiger partial charge < -0.3 is 5.73 Å². The van der Waals surface area contributed by atoms with Gasteiger partial charge in [-0.1, -0.05) is 36.4 Å². The zero-order chi connectivity index (χ0) is 15.0. The van der Waals surface area contributed by atoms with Crippen molar-refractivity contribution in [2.75, 3.05) is 0 Å². The van der Waals surface area contributed by atoms with Gasteiger partial charge in [-0.2, -0.15) is 0 Å². The maximum absolute atomic E-state index is 13.0. The molecule has 3 aromatic rings. The van der Waals surface area contributed by atoms with Crippen LogP contribution in [0, 0.1) is 6.92 Å². The van der Waals surface area contributed by atoms with Crippen LogP contribution in [0.2, 0.25) is 0 Å². The van der Waals surface area contributed by atoms with Crippen molar-refractivity contribution in [2.45, 2.75) is 22.6 Å². The molecule has 1 heterocycles. The molecule has 0 saturated carbocycles. The summed E-state index contributed by atoms with van der Waals surface area (Å²) in [5, 5.41) is 1.66. The van der Waals surface area contributed by atoms with Gasteiger partial charge in [0, 0.05) is 16.8 Å². The lowest BCUT2D eigenvalue weighted by Crippen LogP contribution is -2.06. The Hall–Kier alpha value is -1.69. The van der Waals surface area contributed by atoms with Crippen LogP contribution in [0.25, 0.3) is 10.8 Å². The van der Waals surface area contributed by atoms with E-state index in [4.69, 9.17) is 5.73 Å². The Morgan fingerprint density at radius 3 is 2.57 bits per heavy atom. The summed E-state index contributed by atoms with van der Waals surface area (Å²) in [5.74, 6) is 0. The van der Waals surface area contributed by atoms with E-state index in [0.717, 1.165) is 15.6 Å². The highest BCUT2D eigenvalue weighted by Crippen LogP contribution is 2.34. The van der Waals surface area contributed by atoms with Crippen LogP contribution in [-0.4, -0.2) is 8.42 Å². The van der Waals surface area contributed by atoms with Crippen LogP contribution in [0.5, 0.6) is 0 Å². The van der Waals surface area contributed by atoms with Gasteiger partial charge in [-0.05, 0) is 30.0 Å². The number of rotatable bonds is 3. The van der Waals surface area contributed by atoms with Gasteiger partial charge in [0.1, 0.15) is 4.21 Å². The monoisotopic (exact) mass is 317 g/mol. The molecule has 0 aliphatic heterocycles. The number of sulfone groups is 1. The van der Waals surface area contributed by atoms with Crippen molar-refractivity contribution >= 4 is 31.9 Å². The number of fused-ring (bicyclic) bond motifs is 1. The maximum atomic E-state index is 13.0. The van der Waals surface area contributed by atoms with Crippen molar-refractivity contribution in [3.63, 3.8) is 0 Å². The van der Waals surface area contributed by atoms with Crippen LogP contribution in [0.15, 0.2) is 57.6 Å². The summed E-state index contributed by atoms with van der Waals surface area (Å²) in [6.45, 7) is 2.12. The number of thiophene rings is 1. The Morgan fingerprint density at radius 2 is 1.81 bits per heavy atom. The van der Waals surface area contributed by atoms with Gasteiger partial charge in [0.15, 0.2) is 0 Å². The molecular weight excluding hydrogens is 302 g/mol. The van der Waals surface area contributed by atoms with Crippen molar-refractivity contribution in [1.29, 1.82) is 0 Å². The second kappa shape index (κ2) is 5.26. The second-order valence-electron chi connectivity index (χ2n) is 4.85. The fourth-order valence-electron chi connectivity index (χ4n) is 2.45. The molecule has 2 N–H and O–H groups in total. The molecule has 0 aliphatic rings. The normalized spacial score (nSPS) is 11.9. The Bertz CT molecular complexity index is 906. The minimum Gasteiger partial charge on any atom is -0.326 e. The molecule has 1 aromatic heterocycles. The maximum Gasteiger partial charge on any atom is 0.216 e. The predicted molar refractivity (Wildman–Crippen MR) is 86.3 cm³/mol. The number of hydrogen-bond acceptors (Lipinski definition) is 4. The Labute approximate surface area is 128 Å². The highest BCUT2D eigenvalue weighted by Gasteiger charge is 2.25. The Balaban J connectivity index is 2.30. The first-order chi connectivity index (χ1) is 10.0. The van der Waals surface area contributed by atoms with Gasteiger partial charge in [-0.25, -0.2) is 8.42 Å². The number of hydrogen-bond donors (Lipinski definition) is 1. The first kappa shape index (κ1) is 14.3. The zero-order valence-corrected chi connectivity index (χ0v) is 13.2. The molecule has 0 spiro atoms. The summed E-state index contributed by atoms with van der Waals surface area (Å²) in [5.41, 5.74) is 6.38. The second-order valence-corrected chi connectivity index (χ2v) is 8.22. The van der Waals surface area contributed by atoms with Gasteiger partial charge >= 0.3 is 0 Å². The third kappa shape index (κ3) is 2.37. The highest BCUT2D eigenvalue weighted by atomic mass is 32.2. The molecule has 0 atom stereocenters. The molecule has 0 unspecified atom stereocenters. The number of benzene rings is 2. The van der Waals surface area contributed by atoms with Crippen LogP contribution < -0.4 is 5.73 Å². The Morgan fingerprint density at radius 1 is 1.10 bits per heavy atom. The molecule has 3 rings (SSSR count). The van der Waals surface area contributed by atoms with Gasteiger partial charge in [-0.15, -0.1) is 11.3 Å². The third-order valence-electron chi connectivity index (χ3n) is 3.40. The average Bonchev–Trinajstić information content (AvgIpc) is 2.88. The van der Waals surface area contributed by atoms with E-state index in [-0.39, 0.29) is 6.54 Å². The van der Waals surface area contributed by atoms with Crippen molar-refractivity contribution < 1.29 is 8.42 Å². The summed E-state index contributed by atoms with van der Waals surface area (Å²) in [6.07, 6.45) is 0. The molecule has 21 heavy (non-hydrogen) atoms. The smallest absolute Gasteiger partial charge is 0.216 e. The molecule has 0 bridgehead atoms. The molecule has 108 valence electrons. The van der Waals surface area contributed by atoms with Crippen molar-refractivity contribution in [1.82, 2.24) is 0 Å².